The van der Waals surface area contributed by atoms with Gasteiger partial charge in [0.25, 0.3) is 0 Å². The number of amides is 2. The van der Waals surface area contributed by atoms with Crippen molar-refractivity contribution in [2.45, 2.75) is 23.5 Å². The van der Waals surface area contributed by atoms with E-state index in [2.05, 4.69) is 15.5 Å². The first-order chi connectivity index (χ1) is 14.1. The van der Waals surface area contributed by atoms with Gasteiger partial charge in [-0.15, -0.1) is 10.2 Å². The van der Waals surface area contributed by atoms with Crippen molar-refractivity contribution in [1.82, 2.24) is 10.2 Å². The number of carbonyl (C=O) groups excluding carboxylic acids is 2. The van der Waals surface area contributed by atoms with Gasteiger partial charge in [-0.05, 0) is 24.3 Å². The van der Waals surface area contributed by atoms with Gasteiger partial charge in [0.05, 0.1) is 19.1 Å². The van der Waals surface area contributed by atoms with Gasteiger partial charge in [-0.1, -0.05) is 23.1 Å². The van der Waals surface area contributed by atoms with Crippen molar-refractivity contribution in [3.63, 3.8) is 0 Å². The highest BCUT2D eigenvalue weighted by molar-refractivity contribution is 8.01. The molecule has 1 aromatic carbocycles. The minimum atomic E-state index is -0.496. The Bertz CT molecular complexity index is 873. The SMILES string of the molecule is O=C(Nc1nnc(SCCC2OCCO2)s1)[C@@H]1CC(=O)N(c2ccc(F)cc2)C1. The van der Waals surface area contributed by atoms with Gasteiger partial charge in [0, 0.05) is 30.8 Å². The minimum Gasteiger partial charge on any atom is -0.350 e. The van der Waals surface area contributed by atoms with Crippen molar-refractivity contribution in [3.8, 4) is 0 Å². The van der Waals surface area contributed by atoms with E-state index in [0.29, 0.717) is 24.0 Å². The zero-order valence-electron chi connectivity index (χ0n) is 15.4. The summed E-state index contributed by atoms with van der Waals surface area (Å²) in [5.74, 6) is -0.533. The van der Waals surface area contributed by atoms with Gasteiger partial charge < -0.3 is 19.7 Å². The van der Waals surface area contributed by atoms with E-state index < -0.39 is 5.92 Å². The number of halogens is 1. The zero-order valence-corrected chi connectivity index (χ0v) is 17.0. The number of carbonyl (C=O) groups is 2. The predicted octanol–water partition coefficient (Wildman–Crippen LogP) is 2.52. The third kappa shape index (κ3) is 5.10. The summed E-state index contributed by atoms with van der Waals surface area (Å²) in [7, 11) is 0. The molecule has 0 bridgehead atoms. The van der Waals surface area contributed by atoms with Gasteiger partial charge in [-0.3, -0.25) is 9.59 Å². The highest BCUT2D eigenvalue weighted by Crippen LogP contribution is 2.29. The molecule has 0 aliphatic carbocycles. The average molecular weight is 439 g/mol. The molecular formula is C18H19FN4O4S2. The second-order valence-corrected chi connectivity index (χ2v) is 8.87. The van der Waals surface area contributed by atoms with Crippen molar-refractivity contribution >= 4 is 45.7 Å². The smallest absolute Gasteiger partial charge is 0.231 e. The molecule has 2 aliphatic rings. The number of hydrogen-bond acceptors (Lipinski definition) is 8. The van der Waals surface area contributed by atoms with Gasteiger partial charge >= 0.3 is 0 Å². The van der Waals surface area contributed by atoms with Crippen molar-refractivity contribution in [1.29, 1.82) is 0 Å². The summed E-state index contributed by atoms with van der Waals surface area (Å²) in [5.41, 5.74) is 0.580. The van der Waals surface area contributed by atoms with Gasteiger partial charge in [-0.2, -0.15) is 0 Å². The van der Waals surface area contributed by atoms with Crippen molar-refractivity contribution < 1.29 is 23.5 Å². The van der Waals surface area contributed by atoms with Crippen LogP contribution in [0.5, 0.6) is 0 Å². The Labute approximate surface area is 174 Å². The maximum absolute atomic E-state index is 13.1. The Kier molecular flexibility index (Phi) is 6.38. The van der Waals surface area contributed by atoms with E-state index in [9.17, 15) is 14.0 Å². The van der Waals surface area contributed by atoms with E-state index in [1.807, 2.05) is 0 Å². The summed E-state index contributed by atoms with van der Waals surface area (Å²) in [6.45, 7) is 1.51. The second kappa shape index (κ2) is 9.16. The summed E-state index contributed by atoms with van der Waals surface area (Å²) < 4.78 is 24.6. The van der Waals surface area contributed by atoms with Crippen LogP contribution in [-0.2, 0) is 19.1 Å². The second-order valence-electron chi connectivity index (χ2n) is 6.55. The van der Waals surface area contributed by atoms with Crippen LogP contribution in [0.3, 0.4) is 0 Å². The number of nitrogens with one attached hydrogen (secondary N) is 1. The summed E-state index contributed by atoms with van der Waals surface area (Å²) in [4.78, 5) is 26.3. The summed E-state index contributed by atoms with van der Waals surface area (Å²) in [6.07, 6.45) is 0.707. The van der Waals surface area contributed by atoms with Gasteiger partial charge in [0.1, 0.15) is 5.82 Å². The number of rotatable bonds is 7. The van der Waals surface area contributed by atoms with Crippen LogP contribution < -0.4 is 10.2 Å². The predicted molar refractivity (Wildman–Crippen MR) is 106 cm³/mol. The van der Waals surface area contributed by atoms with Crippen LogP contribution >= 0.6 is 23.1 Å². The van der Waals surface area contributed by atoms with E-state index in [1.165, 1.54) is 52.3 Å². The highest BCUT2D eigenvalue weighted by Gasteiger charge is 2.35. The van der Waals surface area contributed by atoms with Crippen molar-refractivity contribution in [2.24, 2.45) is 5.92 Å². The molecule has 0 spiro atoms. The van der Waals surface area contributed by atoms with Crippen LogP contribution in [0.25, 0.3) is 0 Å². The largest absolute Gasteiger partial charge is 0.350 e. The number of hydrogen-bond donors (Lipinski definition) is 1. The molecule has 8 nitrogen and oxygen atoms in total. The molecular weight excluding hydrogens is 419 g/mol. The molecule has 2 fully saturated rings. The molecule has 0 unspecified atom stereocenters. The molecule has 1 N–H and O–H groups in total. The van der Waals surface area contributed by atoms with Gasteiger partial charge in [-0.25, -0.2) is 4.39 Å². The monoisotopic (exact) mass is 438 g/mol. The Morgan fingerprint density at radius 3 is 2.79 bits per heavy atom. The van der Waals surface area contributed by atoms with Gasteiger partial charge in [0.15, 0.2) is 10.6 Å². The van der Waals surface area contributed by atoms with Gasteiger partial charge in [0.2, 0.25) is 16.9 Å². The summed E-state index contributed by atoms with van der Waals surface area (Å²) >= 11 is 2.82. The number of benzene rings is 1. The fraction of sp³-hybridized carbons (Fsp3) is 0.444. The molecule has 11 heteroatoms. The fourth-order valence-corrected chi connectivity index (χ4v) is 4.88. The van der Waals surface area contributed by atoms with Crippen LogP contribution in [0.2, 0.25) is 0 Å². The maximum atomic E-state index is 13.1. The van der Waals surface area contributed by atoms with E-state index in [1.54, 1.807) is 0 Å². The third-order valence-corrected chi connectivity index (χ3v) is 6.55. The average Bonchev–Trinajstić information content (AvgIpc) is 3.45. The Balaban J connectivity index is 1.27. The van der Waals surface area contributed by atoms with E-state index in [-0.39, 0.29) is 36.9 Å². The third-order valence-electron chi connectivity index (χ3n) is 4.54. The maximum Gasteiger partial charge on any atom is 0.231 e. The molecule has 3 heterocycles. The first-order valence-electron chi connectivity index (χ1n) is 9.15. The molecule has 2 aliphatic heterocycles. The lowest BCUT2D eigenvalue weighted by atomic mass is 10.1. The Morgan fingerprint density at radius 1 is 1.28 bits per heavy atom. The highest BCUT2D eigenvalue weighted by atomic mass is 32.2. The Morgan fingerprint density at radius 2 is 2.03 bits per heavy atom. The lowest BCUT2D eigenvalue weighted by Gasteiger charge is -2.16. The molecule has 1 aromatic heterocycles. The molecule has 29 heavy (non-hydrogen) atoms. The van der Waals surface area contributed by atoms with Crippen LogP contribution in [0.15, 0.2) is 28.6 Å². The number of anilines is 2. The minimum absolute atomic E-state index is 0.102. The number of thioether (sulfide) groups is 1. The number of aromatic nitrogens is 2. The normalized spacial score (nSPS) is 19.8. The molecule has 0 saturated carbocycles. The molecule has 154 valence electrons. The quantitative estimate of drug-likeness (QED) is 0.524. The lowest BCUT2D eigenvalue weighted by Crippen LogP contribution is -2.28. The topological polar surface area (TPSA) is 93.6 Å². The number of nitrogens with zero attached hydrogens (tertiary/aromatic N) is 3. The molecule has 2 saturated heterocycles. The molecule has 2 aromatic rings. The lowest BCUT2D eigenvalue weighted by molar-refractivity contribution is -0.122. The zero-order chi connectivity index (χ0) is 20.2. The standard InChI is InChI=1S/C18H19FN4O4S2/c19-12-1-3-13(4-2-12)23-10-11(9-14(23)24)16(25)20-17-21-22-18(29-17)28-8-5-15-26-6-7-27-15/h1-4,11,15H,5-10H2,(H,20,21,25)/t11-/m1/s1. The molecule has 1 atom stereocenters. The first kappa shape index (κ1) is 20.2. The molecule has 0 radical (unpaired) electrons. The van der Waals surface area contributed by atoms with Crippen LogP contribution in [-0.4, -0.2) is 53.8 Å². The van der Waals surface area contributed by atoms with Crippen LogP contribution in [0, 0.1) is 11.7 Å². The molecule has 2 amide bonds. The molecule has 4 rings (SSSR count). The fourth-order valence-electron chi connectivity index (χ4n) is 3.10. The van der Waals surface area contributed by atoms with Crippen LogP contribution in [0.1, 0.15) is 12.8 Å². The van der Waals surface area contributed by atoms with E-state index in [4.69, 9.17) is 9.47 Å². The summed E-state index contributed by atoms with van der Waals surface area (Å²) in [5, 5.41) is 11.2. The van der Waals surface area contributed by atoms with Crippen molar-refractivity contribution in [3.05, 3.63) is 30.1 Å². The first-order valence-corrected chi connectivity index (χ1v) is 10.9. The van der Waals surface area contributed by atoms with E-state index >= 15 is 0 Å². The Hall–Kier alpha value is -2.08. The number of ether oxygens (including phenoxy) is 2. The summed E-state index contributed by atoms with van der Waals surface area (Å²) in [6, 6.07) is 5.65. The van der Waals surface area contributed by atoms with Crippen molar-refractivity contribution in [2.75, 3.05) is 35.7 Å². The van der Waals surface area contributed by atoms with E-state index in [0.717, 1.165) is 16.5 Å². The van der Waals surface area contributed by atoms with Crippen LogP contribution in [0.4, 0.5) is 15.2 Å².